The number of hydrogen-bond acceptors (Lipinski definition) is 3. The Morgan fingerprint density at radius 2 is 1.94 bits per heavy atom. The Balaban J connectivity index is 2.43. The third kappa shape index (κ3) is 5.24. The van der Waals surface area contributed by atoms with Crippen LogP contribution in [0, 0.1) is 5.41 Å². The monoisotopic (exact) mass is 276 g/mol. The van der Waals surface area contributed by atoms with Crippen LogP contribution in [0.25, 0.3) is 0 Å². The van der Waals surface area contributed by atoms with Gasteiger partial charge in [0.25, 0.3) is 0 Å². The molecule has 0 heterocycles. The minimum Gasteiger partial charge on any atom is -0.316 e. The van der Waals surface area contributed by atoms with Gasteiger partial charge in [-0.2, -0.15) is 0 Å². The molecule has 1 aliphatic rings. The summed E-state index contributed by atoms with van der Waals surface area (Å²) in [5, 5.41) is 3.13. The Kier molecular flexibility index (Phi) is 6.08. The Labute approximate surface area is 112 Å². The Bertz CT molecular complexity index is 339. The summed E-state index contributed by atoms with van der Waals surface area (Å²) in [6.45, 7) is 7.81. The predicted octanol–water partition coefficient (Wildman–Crippen LogP) is 1.87. The molecule has 0 aromatic carbocycles. The summed E-state index contributed by atoms with van der Waals surface area (Å²) in [6, 6.07) is 0.0995. The van der Waals surface area contributed by atoms with Gasteiger partial charge in [-0.3, -0.25) is 0 Å². The fourth-order valence-electron chi connectivity index (χ4n) is 2.50. The summed E-state index contributed by atoms with van der Waals surface area (Å²) in [4.78, 5) is 0. The molecule has 0 amide bonds. The molecular weight excluding hydrogens is 248 g/mol. The van der Waals surface area contributed by atoms with Gasteiger partial charge in [-0.05, 0) is 31.2 Å². The molecule has 1 fully saturated rings. The van der Waals surface area contributed by atoms with E-state index in [4.69, 9.17) is 0 Å². The Hall–Kier alpha value is -0.130. The van der Waals surface area contributed by atoms with Gasteiger partial charge >= 0.3 is 0 Å². The summed E-state index contributed by atoms with van der Waals surface area (Å²) in [7, 11) is -3.15. The summed E-state index contributed by atoms with van der Waals surface area (Å²) in [5.74, 6) is 0.180. The van der Waals surface area contributed by atoms with Gasteiger partial charge in [0.05, 0.1) is 5.75 Å². The second-order valence-electron chi connectivity index (χ2n) is 5.97. The number of sulfonamides is 1. The minimum absolute atomic E-state index is 0.0855. The first-order valence-electron chi connectivity index (χ1n) is 7.08. The molecule has 1 atom stereocenters. The molecule has 1 aliphatic carbocycles. The van der Waals surface area contributed by atoms with Crippen molar-refractivity contribution in [1.29, 1.82) is 0 Å². The Morgan fingerprint density at radius 3 is 2.56 bits per heavy atom. The average Bonchev–Trinajstić information content (AvgIpc) is 2.27. The van der Waals surface area contributed by atoms with Crippen LogP contribution in [0.2, 0.25) is 0 Å². The third-order valence-corrected chi connectivity index (χ3v) is 5.19. The summed E-state index contributed by atoms with van der Waals surface area (Å²) in [6.07, 6.45) is 5.44. The zero-order valence-electron chi connectivity index (χ0n) is 12.0. The van der Waals surface area contributed by atoms with Crippen LogP contribution >= 0.6 is 0 Å². The highest BCUT2D eigenvalue weighted by molar-refractivity contribution is 7.89. The minimum atomic E-state index is -3.15. The van der Waals surface area contributed by atoms with Crippen LogP contribution in [-0.4, -0.2) is 33.3 Å². The van der Waals surface area contributed by atoms with Crippen molar-refractivity contribution in [2.24, 2.45) is 5.41 Å². The van der Waals surface area contributed by atoms with Crippen LogP contribution < -0.4 is 10.0 Å². The molecule has 1 unspecified atom stereocenters. The maximum Gasteiger partial charge on any atom is 0.213 e. The molecule has 0 aromatic rings. The van der Waals surface area contributed by atoms with Gasteiger partial charge in [0, 0.05) is 12.6 Å². The summed E-state index contributed by atoms with van der Waals surface area (Å²) >= 11 is 0. The van der Waals surface area contributed by atoms with E-state index in [-0.39, 0.29) is 17.2 Å². The normalized spacial score (nSPS) is 24.1. The van der Waals surface area contributed by atoms with Gasteiger partial charge in [-0.25, -0.2) is 13.1 Å². The van der Waals surface area contributed by atoms with Crippen molar-refractivity contribution in [1.82, 2.24) is 10.0 Å². The van der Waals surface area contributed by atoms with Crippen molar-refractivity contribution in [2.45, 2.75) is 58.9 Å². The third-order valence-electron chi connectivity index (χ3n) is 3.80. The standard InChI is InChI=1S/C13H28N2O2S/c1-4-9-14-10-11-18(16,17)15-12-7-5-6-8-13(12,2)3/h12,14-15H,4-11H2,1-3H3. The first-order chi connectivity index (χ1) is 8.37. The quantitative estimate of drug-likeness (QED) is 0.698. The molecular formula is C13H28N2O2S. The highest BCUT2D eigenvalue weighted by atomic mass is 32.2. The average molecular weight is 276 g/mol. The molecule has 0 saturated heterocycles. The molecule has 0 aliphatic heterocycles. The van der Waals surface area contributed by atoms with E-state index < -0.39 is 10.0 Å². The molecule has 4 nitrogen and oxygen atoms in total. The lowest BCUT2D eigenvalue weighted by molar-refractivity contribution is 0.188. The van der Waals surface area contributed by atoms with Crippen LogP contribution in [-0.2, 0) is 10.0 Å². The van der Waals surface area contributed by atoms with E-state index in [0.29, 0.717) is 6.54 Å². The van der Waals surface area contributed by atoms with Gasteiger partial charge < -0.3 is 5.32 Å². The number of rotatable bonds is 7. The zero-order valence-corrected chi connectivity index (χ0v) is 12.8. The molecule has 0 spiro atoms. The van der Waals surface area contributed by atoms with E-state index in [9.17, 15) is 8.42 Å². The molecule has 5 heteroatoms. The highest BCUT2D eigenvalue weighted by Gasteiger charge is 2.34. The van der Waals surface area contributed by atoms with E-state index >= 15 is 0 Å². The smallest absolute Gasteiger partial charge is 0.213 e. The Morgan fingerprint density at radius 1 is 1.22 bits per heavy atom. The topological polar surface area (TPSA) is 58.2 Å². The predicted molar refractivity (Wildman–Crippen MR) is 76.1 cm³/mol. The SMILES string of the molecule is CCCNCCS(=O)(=O)NC1CCCCC1(C)C. The van der Waals surface area contributed by atoms with Crippen molar-refractivity contribution in [3.05, 3.63) is 0 Å². The second-order valence-corrected chi connectivity index (χ2v) is 7.85. The lowest BCUT2D eigenvalue weighted by Gasteiger charge is -2.38. The van der Waals surface area contributed by atoms with E-state index in [1.54, 1.807) is 0 Å². The van der Waals surface area contributed by atoms with E-state index in [0.717, 1.165) is 32.2 Å². The van der Waals surface area contributed by atoms with Crippen LogP contribution in [0.1, 0.15) is 52.9 Å². The van der Waals surface area contributed by atoms with Crippen molar-refractivity contribution >= 4 is 10.0 Å². The van der Waals surface area contributed by atoms with Crippen molar-refractivity contribution in [3.63, 3.8) is 0 Å². The molecule has 0 radical (unpaired) electrons. The first kappa shape index (κ1) is 15.9. The van der Waals surface area contributed by atoms with Gasteiger partial charge in [0.2, 0.25) is 10.0 Å². The van der Waals surface area contributed by atoms with E-state index in [1.807, 2.05) is 0 Å². The summed E-state index contributed by atoms with van der Waals surface area (Å²) < 4.78 is 26.9. The number of nitrogens with one attached hydrogen (secondary N) is 2. The number of hydrogen-bond donors (Lipinski definition) is 2. The largest absolute Gasteiger partial charge is 0.316 e. The molecule has 108 valence electrons. The molecule has 2 N–H and O–H groups in total. The molecule has 0 bridgehead atoms. The fourth-order valence-corrected chi connectivity index (χ4v) is 3.90. The maximum atomic E-state index is 12.0. The zero-order chi connectivity index (χ0) is 13.6. The van der Waals surface area contributed by atoms with Crippen LogP contribution in [0.4, 0.5) is 0 Å². The van der Waals surface area contributed by atoms with Gasteiger partial charge in [0.1, 0.15) is 0 Å². The molecule has 18 heavy (non-hydrogen) atoms. The van der Waals surface area contributed by atoms with Crippen molar-refractivity contribution < 1.29 is 8.42 Å². The van der Waals surface area contributed by atoms with E-state index in [2.05, 4.69) is 30.8 Å². The molecule has 0 aromatic heterocycles. The van der Waals surface area contributed by atoms with E-state index in [1.165, 1.54) is 6.42 Å². The van der Waals surface area contributed by atoms with Crippen molar-refractivity contribution in [3.8, 4) is 0 Å². The lowest BCUT2D eigenvalue weighted by Crippen LogP contribution is -2.48. The highest BCUT2D eigenvalue weighted by Crippen LogP contribution is 2.35. The lowest BCUT2D eigenvalue weighted by atomic mass is 9.74. The summed E-state index contributed by atoms with van der Waals surface area (Å²) in [5.41, 5.74) is 0.0855. The van der Waals surface area contributed by atoms with Gasteiger partial charge in [-0.1, -0.05) is 33.6 Å². The van der Waals surface area contributed by atoms with Crippen LogP contribution in [0.3, 0.4) is 0 Å². The van der Waals surface area contributed by atoms with Gasteiger partial charge in [0.15, 0.2) is 0 Å². The van der Waals surface area contributed by atoms with Crippen molar-refractivity contribution in [2.75, 3.05) is 18.8 Å². The molecule has 1 rings (SSSR count). The molecule has 1 saturated carbocycles. The fraction of sp³-hybridized carbons (Fsp3) is 1.00. The van der Waals surface area contributed by atoms with Gasteiger partial charge in [-0.15, -0.1) is 0 Å². The van der Waals surface area contributed by atoms with Crippen LogP contribution in [0.5, 0.6) is 0 Å². The second kappa shape index (κ2) is 6.87. The first-order valence-corrected chi connectivity index (χ1v) is 8.73. The maximum absolute atomic E-state index is 12.0. The van der Waals surface area contributed by atoms with Crippen LogP contribution in [0.15, 0.2) is 0 Å².